The second-order valence-electron chi connectivity index (χ2n) is 6.42. The van der Waals surface area contributed by atoms with Crippen LogP contribution in [0.15, 0.2) is 33.6 Å². The lowest BCUT2D eigenvalue weighted by atomic mass is 10.0. The van der Waals surface area contributed by atoms with E-state index in [9.17, 15) is 13.5 Å². The molecule has 1 saturated carbocycles. The van der Waals surface area contributed by atoms with Crippen molar-refractivity contribution < 1.29 is 17.9 Å². The number of aliphatic hydroxyl groups is 1. The van der Waals surface area contributed by atoms with Gasteiger partial charge in [-0.2, -0.15) is 0 Å². The van der Waals surface area contributed by atoms with Gasteiger partial charge in [-0.3, -0.25) is 0 Å². The van der Waals surface area contributed by atoms with Gasteiger partial charge in [0.05, 0.1) is 10.5 Å². The van der Waals surface area contributed by atoms with Crippen LogP contribution in [-0.4, -0.2) is 30.7 Å². The van der Waals surface area contributed by atoms with Crippen LogP contribution in [0.5, 0.6) is 0 Å². The number of benzene rings is 1. The summed E-state index contributed by atoms with van der Waals surface area (Å²) in [6, 6.07) is 6.51. The second-order valence-corrected chi connectivity index (χ2v) is 8.19. The standard InChI is InChI=1S/C17H22N2O4S/c1-12-16(19-13(2)23-12)14-5-7-15(8-6-14)24(21,22)18-11-17(20)9-3-4-10-17/h5-8,18,20H,3-4,9-11H2,1-2H3. The van der Waals surface area contributed by atoms with Gasteiger partial charge in [0.2, 0.25) is 10.0 Å². The van der Waals surface area contributed by atoms with Gasteiger partial charge in [0, 0.05) is 19.0 Å². The molecule has 1 heterocycles. The minimum Gasteiger partial charge on any atom is -0.446 e. The van der Waals surface area contributed by atoms with Crippen molar-refractivity contribution in [1.82, 2.24) is 9.71 Å². The van der Waals surface area contributed by atoms with Crippen LogP contribution in [-0.2, 0) is 10.0 Å². The summed E-state index contributed by atoms with van der Waals surface area (Å²) in [5.41, 5.74) is 0.602. The molecule has 6 nitrogen and oxygen atoms in total. The molecule has 1 aliphatic rings. The Morgan fingerprint density at radius 2 is 1.83 bits per heavy atom. The maximum absolute atomic E-state index is 12.4. The van der Waals surface area contributed by atoms with E-state index in [1.54, 1.807) is 31.2 Å². The largest absolute Gasteiger partial charge is 0.446 e. The van der Waals surface area contributed by atoms with Gasteiger partial charge in [-0.05, 0) is 31.9 Å². The molecular formula is C17H22N2O4S. The maximum atomic E-state index is 12.4. The Hall–Kier alpha value is -1.70. The number of aryl methyl sites for hydroxylation is 2. The van der Waals surface area contributed by atoms with Gasteiger partial charge < -0.3 is 9.52 Å². The first-order chi connectivity index (χ1) is 11.3. The molecule has 2 aromatic rings. The minimum atomic E-state index is -3.64. The van der Waals surface area contributed by atoms with E-state index in [4.69, 9.17) is 4.42 Å². The van der Waals surface area contributed by atoms with E-state index in [2.05, 4.69) is 9.71 Å². The molecule has 0 aliphatic heterocycles. The third-order valence-electron chi connectivity index (χ3n) is 4.47. The Labute approximate surface area is 142 Å². The van der Waals surface area contributed by atoms with Crippen molar-refractivity contribution in [2.24, 2.45) is 0 Å². The van der Waals surface area contributed by atoms with Gasteiger partial charge in [-0.1, -0.05) is 25.0 Å². The zero-order valence-corrected chi connectivity index (χ0v) is 14.7. The Balaban J connectivity index is 1.75. The molecule has 0 saturated heterocycles. The molecule has 7 heteroatoms. The van der Waals surface area contributed by atoms with E-state index in [0.717, 1.165) is 18.4 Å². The average molecular weight is 350 g/mol. The molecule has 2 N–H and O–H groups in total. The zero-order chi connectivity index (χ0) is 17.4. The monoisotopic (exact) mass is 350 g/mol. The fourth-order valence-electron chi connectivity index (χ4n) is 3.11. The van der Waals surface area contributed by atoms with Crippen LogP contribution in [0.25, 0.3) is 11.3 Å². The van der Waals surface area contributed by atoms with E-state index >= 15 is 0 Å². The molecule has 0 radical (unpaired) electrons. The molecule has 0 atom stereocenters. The summed E-state index contributed by atoms with van der Waals surface area (Å²) in [5, 5.41) is 10.3. The summed E-state index contributed by atoms with van der Waals surface area (Å²) in [6.07, 6.45) is 3.14. The first-order valence-corrected chi connectivity index (χ1v) is 9.54. The van der Waals surface area contributed by atoms with Gasteiger partial charge in [0.1, 0.15) is 11.5 Å². The predicted octanol–water partition coefficient (Wildman–Crippen LogP) is 2.54. The molecule has 0 unspecified atom stereocenters. The number of hydrogen-bond acceptors (Lipinski definition) is 5. The quantitative estimate of drug-likeness (QED) is 0.864. The van der Waals surface area contributed by atoms with E-state index in [0.29, 0.717) is 30.2 Å². The van der Waals surface area contributed by atoms with Crippen LogP contribution in [0, 0.1) is 13.8 Å². The molecule has 1 fully saturated rings. The van der Waals surface area contributed by atoms with E-state index in [1.165, 1.54) is 0 Å². The lowest BCUT2D eigenvalue weighted by Crippen LogP contribution is -2.40. The minimum absolute atomic E-state index is 0.0542. The molecule has 1 aliphatic carbocycles. The first-order valence-electron chi connectivity index (χ1n) is 8.06. The van der Waals surface area contributed by atoms with Crippen molar-refractivity contribution in [3.8, 4) is 11.3 Å². The van der Waals surface area contributed by atoms with Crippen LogP contribution >= 0.6 is 0 Å². The number of hydrogen-bond donors (Lipinski definition) is 2. The van der Waals surface area contributed by atoms with Crippen LogP contribution in [0.4, 0.5) is 0 Å². The molecule has 130 valence electrons. The zero-order valence-electron chi connectivity index (χ0n) is 13.9. The Morgan fingerprint density at radius 3 is 2.38 bits per heavy atom. The predicted molar refractivity (Wildman–Crippen MR) is 90.0 cm³/mol. The van der Waals surface area contributed by atoms with Gasteiger partial charge in [-0.25, -0.2) is 18.1 Å². The molecule has 24 heavy (non-hydrogen) atoms. The lowest BCUT2D eigenvalue weighted by molar-refractivity contribution is 0.0532. The van der Waals surface area contributed by atoms with Gasteiger partial charge in [0.15, 0.2) is 5.89 Å². The van der Waals surface area contributed by atoms with Crippen LogP contribution in [0.3, 0.4) is 0 Å². The van der Waals surface area contributed by atoms with Gasteiger partial charge in [-0.15, -0.1) is 0 Å². The van der Waals surface area contributed by atoms with Crippen LogP contribution < -0.4 is 4.72 Å². The number of rotatable bonds is 5. The molecule has 1 aromatic heterocycles. The van der Waals surface area contributed by atoms with E-state index in [1.807, 2.05) is 6.92 Å². The highest BCUT2D eigenvalue weighted by atomic mass is 32.2. The van der Waals surface area contributed by atoms with Gasteiger partial charge in [0.25, 0.3) is 0 Å². The average Bonchev–Trinajstić information content (AvgIpc) is 3.12. The fraction of sp³-hybridized carbons (Fsp3) is 0.471. The molecule has 3 rings (SSSR count). The third kappa shape index (κ3) is 3.53. The molecular weight excluding hydrogens is 328 g/mol. The van der Waals surface area contributed by atoms with Crippen LogP contribution in [0.1, 0.15) is 37.3 Å². The summed E-state index contributed by atoms with van der Waals surface area (Å²) in [5.74, 6) is 1.27. The van der Waals surface area contributed by atoms with Crippen molar-refractivity contribution in [1.29, 1.82) is 0 Å². The highest BCUT2D eigenvalue weighted by Gasteiger charge is 2.32. The summed E-state index contributed by atoms with van der Waals surface area (Å²) >= 11 is 0. The normalized spacial score (nSPS) is 17.3. The topological polar surface area (TPSA) is 92.4 Å². The SMILES string of the molecule is Cc1nc(-c2ccc(S(=O)(=O)NCC3(O)CCCC3)cc2)c(C)o1. The summed E-state index contributed by atoms with van der Waals surface area (Å²) in [7, 11) is -3.64. The summed E-state index contributed by atoms with van der Waals surface area (Å²) in [6.45, 7) is 3.65. The number of nitrogens with one attached hydrogen (secondary N) is 1. The molecule has 1 aromatic carbocycles. The number of aromatic nitrogens is 1. The lowest BCUT2D eigenvalue weighted by Gasteiger charge is -2.22. The van der Waals surface area contributed by atoms with Crippen molar-refractivity contribution >= 4 is 10.0 Å². The number of nitrogens with zero attached hydrogens (tertiary/aromatic N) is 1. The van der Waals surface area contributed by atoms with Crippen molar-refractivity contribution in [2.75, 3.05) is 6.54 Å². The summed E-state index contributed by atoms with van der Waals surface area (Å²) < 4.78 is 32.7. The smallest absolute Gasteiger partial charge is 0.240 e. The Kier molecular flexibility index (Phi) is 4.50. The third-order valence-corrected chi connectivity index (χ3v) is 5.88. The number of sulfonamides is 1. The van der Waals surface area contributed by atoms with Crippen LogP contribution in [0.2, 0.25) is 0 Å². The Morgan fingerprint density at radius 1 is 1.21 bits per heavy atom. The first kappa shape index (κ1) is 17.1. The summed E-state index contributed by atoms with van der Waals surface area (Å²) in [4.78, 5) is 4.48. The molecule has 0 amide bonds. The van der Waals surface area contributed by atoms with Gasteiger partial charge >= 0.3 is 0 Å². The maximum Gasteiger partial charge on any atom is 0.240 e. The van der Waals surface area contributed by atoms with Crippen molar-refractivity contribution in [3.63, 3.8) is 0 Å². The molecule has 0 spiro atoms. The highest BCUT2D eigenvalue weighted by molar-refractivity contribution is 7.89. The fourth-order valence-corrected chi connectivity index (χ4v) is 4.23. The van der Waals surface area contributed by atoms with Crippen molar-refractivity contribution in [3.05, 3.63) is 35.9 Å². The number of oxazole rings is 1. The Bertz CT molecular complexity index is 819. The van der Waals surface area contributed by atoms with Crippen molar-refractivity contribution in [2.45, 2.75) is 50.0 Å². The second kappa shape index (κ2) is 6.31. The van der Waals surface area contributed by atoms with E-state index in [-0.39, 0.29) is 11.4 Å². The van der Waals surface area contributed by atoms with E-state index < -0.39 is 15.6 Å². The highest BCUT2D eigenvalue weighted by Crippen LogP contribution is 2.29. The molecule has 0 bridgehead atoms.